The van der Waals surface area contributed by atoms with Crippen LogP contribution in [-0.2, 0) is 9.53 Å². The predicted octanol–water partition coefficient (Wildman–Crippen LogP) is 3.07. The number of halogens is 3. The number of ether oxygens (including phenoxy) is 1. The van der Waals surface area contributed by atoms with Gasteiger partial charge in [-0.2, -0.15) is 0 Å². The van der Waals surface area contributed by atoms with Crippen LogP contribution in [0.15, 0.2) is 6.20 Å². The Morgan fingerprint density at radius 1 is 1.30 bits per heavy atom. The number of esters is 1. The van der Waals surface area contributed by atoms with Crippen LogP contribution in [0.5, 0.6) is 0 Å². The minimum Gasteiger partial charge on any atom is -0.469 e. The Bertz CT molecular complexity index is 523. The number of nitrogens with zero attached hydrogens (tertiary/aromatic N) is 2. The van der Waals surface area contributed by atoms with Crippen LogP contribution in [0.4, 0.5) is 0 Å². The summed E-state index contributed by atoms with van der Waals surface area (Å²) in [6.07, 6.45) is 1.98. The van der Waals surface area contributed by atoms with Gasteiger partial charge in [-0.25, -0.2) is 4.98 Å². The van der Waals surface area contributed by atoms with Gasteiger partial charge in [0.2, 0.25) is 0 Å². The smallest absolute Gasteiger partial charge is 0.305 e. The number of hydrogen-bond donors (Lipinski definition) is 0. The van der Waals surface area contributed by atoms with Crippen LogP contribution in [0, 0.1) is 0 Å². The first-order valence-corrected chi connectivity index (χ1v) is 6.83. The van der Waals surface area contributed by atoms with E-state index in [4.69, 9.17) is 34.8 Å². The molecule has 0 saturated heterocycles. The molecule has 20 heavy (non-hydrogen) atoms. The van der Waals surface area contributed by atoms with Gasteiger partial charge in [-0.3, -0.25) is 9.59 Å². The second kappa shape index (κ2) is 7.67. The molecule has 0 radical (unpaired) electrons. The summed E-state index contributed by atoms with van der Waals surface area (Å²) in [5.74, 6) is -0.713. The quantitative estimate of drug-likeness (QED) is 0.774. The molecule has 0 N–H and O–H groups in total. The number of carbonyl (C=O) groups is 2. The third kappa shape index (κ3) is 4.23. The number of rotatable bonds is 5. The van der Waals surface area contributed by atoms with Crippen molar-refractivity contribution in [1.29, 1.82) is 0 Å². The van der Waals surface area contributed by atoms with Crippen LogP contribution in [0.3, 0.4) is 0 Å². The second-order valence-corrected chi connectivity index (χ2v) is 5.15. The van der Waals surface area contributed by atoms with Gasteiger partial charge in [0, 0.05) is 26.2 Å². The minimum atomic E-state index is -0.390. The van der Waals surface area contributed by atoms with Gasteiger partial charge in [0.15, 0.2) is 0 Å². The lowest BCUT2D eigenvalue weighted by molar-refractivity contribution is -0.140. The molecule has 110 valence electrons. The van der Waals surface area contributed by atoms with Gasteiger partial charge in [0.1, 0.15) is 5.69 Å². The molecule has 0 unspecified atom stereocenters. The van der Waals surface area contributed by atoms with Gasteiger partial charge >= 0.3 is 5.97 Å². The summed E-state index contributed by atoms with van der Waals surface area (Å²) in [6.45, 7) is 0.367. The molecule has 1 rings (SSSR count). The maximum Gasteiger partial charge on any atom is 0.305 e. The van der Waals surface area contributed by atoms with Crippen molar-refractivity contribution in [3.05, 3.63) is 27.0 Å². The maximum absolute atomic E-state index is 12.1. The van der Waals surface area contributed by atoms with Crippen LogP contribution in [-0.4, -0.2) is 42.5 Å². The second-order valence-electron chi connectivity index (χ2n) is 3.99. The van der Waals surface area contributed by atoms with Crippen LogP contribution < -0.4 is 0 Å². The monoisotopic (exact) mass is 338 g/mol. The molecule has 0 aliphatic carbocycles. The highest BCUT2D eigenvalue weighted by Crippen LogP contribution is 2.31. The molecule has 1 aromatic heterocycles. The number of carbonyl (C=O) groups excluding carboxylic acids is 2. The minimum absolute atomic E-state index is 0.0176. The van der Waals surface area contributed by atoms with Gasteiger partial charge in [-0.1, -0.05) is 34.8 Å². The Morgan fingerprint density at radius 2 is 1.95 bits per heavy atom. The Morgan fingerprint density at radius 3 is 2.55 bits per heavy atom. The average molecular weight is 340 g/mol. The Hall–Kier alpha value is -1.04. The van der Waals surface area contributed by atoms with Gasteiger partial charge < -0.3 is 9.64 Å². The Balaban J connectivity index is 2.70. The standard InChI is InChI=1S/C12H13Cl3N2O3/c1-17(5-3-4-8(18)20-2)12(19)11-10(15)9(14)7(13)6-16-11/h6H,3-5H2,1-2H3. The maximum atomic E-state index is 12.1. The summed E-state index contributed by atoms with van der Waals surface area (Å²) in [6, 6.07) is 0. The third-order valence-electron chi connectivity index (χ3n) is 2.57. The molecule has 0 saturated carbocycles. The van der Waals surface area contributed by atoms with Crippen molar-refractivity contribution in [2.75, 3.05) is 20.7 Å². The van der Waals surface area contributed by atoms with Crippen LogP contribution in [0.2, 0.25) is 15.1 Å². The fraction of sp³-hybridized carbons (Fsp3) is 0.417. The molecule has 1 heterocycles. The lowest BCUT2D eigenvalue weighted by Gasteiger charge is -2.17. The molecule has 0 aliphatic rings. The summed E-state index contributed by atoms with van der Waals surface area (Å²) in [5.41, 5.74) is 0.0293. The first-order valence-electron chi connectivity index (χ1n) is 5.70. The van der Waals surface area contributed by atoms with Crippen LogP contribution in [0.1, 0.15) is 23.3 Å². The molecule has 1 amide bonds. The van der Waals surface area contributed by atoms with E-state index in [0.29, 0.717) is 13.0 Å². The van der Waals surface area contributed by atoms with E-state index in [1.165, 1.54) is 18.2 Å². The van der Waals surface area contributed by atoms with E-state index < -0.39 is 5.91 Å². The highest BCUT2D eigenvalue weighted by molar-refractivity contribution is 6.48. The van der Waals surface area contributed by atoms with Crippen molar-refractivity contribution in [1.82, 2.24) is 9.88 Å². The fourth-order valence-electron chi connectivity index (χ4n) is 1.44. The van der Waals surface area contributed by atoms with Crippen LogP contribution in [0.25, 0.3) is 0 Å². The molecule has 0 atom stereocenters. The zero-order valence-corrected chi connectivity index (χ0v) is 13.2. The van der Waals surface area contributed by atoms with E-state index in [9.17, 15) is 9.59 Å². The predicted molar refractivity (Wildman–Crippen MR) is 77.5 cm³/mol. The summed E-state index contributed by atoms with van der Waals surface area (Å²) in [5, 5.41) is 0.292. The zero-order valence-electron chi connectivity index (χ0n) is 11.0. The number of pyridine rings is 1. The Kier molecular flexibility index (Phi) is 6.52. The van der Waals surface area contributed by atoms with Crippen molar-refractivity contribution < 1.29 is 14.3 Å². The molecule has 1 aromatic rings. The van der Waals surface area contributed by atoms with Gasteiger partial charge in [-0.15, -0.1) is 0 Å². The first-order chi connectivity index (χ1) is 9.38. The van der Waals surface area contributed by atoms with Crippen molar-refractivity contribution in [2.45, 2.75) is 12.8 Å². The van der Waals surface area contributed by atoms with E-state index in [-0.39, 0.29) is 33.2 Å². The number of hydrogen-bond acceptors (Lipinski definition) is 4. The van der Waals surface area contributed by atoms with Gasteiger partial charge in [0.25, 0.3) is 5.91 Å². The third-order valence-corrected chi connectivity index (χ3v) is 3.81. The fourth-order valence-corrected chi connectivity index (χ4v) is 2.00. The summed E-state index contributed by atoms with van der Waals surface area (Å²) in [7, 11) is 2.90. The van der Waals surface area contributed by atoms with E-state index in [1.807, 2.05) is 0 Å². The van der Waals surface area contributed by atoms with Gasteiger partial charge in [0.05, 0.1) is 22.2 Å². The number of methoxy groups -OCH3 is 1. The van der Waals surface area contributed by atoms with E-state index in [2.05, 4.69) is 9.72 Å². The molecule has 0 aromatic carbocycles. The van der Waals surface area contributed by atoms with Gasteiger partial charge in [-0.05, 0) is 6.42 Å². The molecular weight excluding hydrogens is 327 g/mol. The normalized spacial score (nSPS) is 10.2. The zero-order chi connectivity index (χ0) is 15.3. The Labute approximate surface area is 131 Å². The molecule has 0 fully saturated rings. The topological polar surface area (TPSA) is 59.5 Å². The summed E-state index contributed by atoms with van der Waals surface area (Å²) < 4.78 is 4.52. The number of aromatic nitrogens is 1. The largest absolute Gasteiger partial charge is 0.469 e. The van der Waals surface area contributed by atoms with E-state index >= 15 is 0 Å². The molecule has 8 heteroatoms. The van der Waals surface area contributed by atoms with Crippen molar-refractivity contribution in [3.8, 4) is 0 Å². The van der Waals surface area contributed by atoms with E-state index in [1.54, 1.807) is 7.05 Å². The number of amides is 1. The molecule has 0 bridgehead atoms. The van der Waals surface area contributed by atoms with Crippen molar-refractivity contribution in [2.24, 2.45) is 0 Å². The lowest BCUT2D eigenvalue weighted by atomic mass is 10.2. The lowest BCUT2D eigenvalue weighted by Crippen LogP contribution is -2.29. The summed E-state index contributed by atoms with van der Waals surface area (Å²) in [4.78, 5) is 28.4. The highest BCUT2D eigenvalue weighted by Gasteiger charge is 2.20. The molecule has 0 aliphatic heterocycles. The molecule has 0 spiro atoms. The van der Waals surface area contributed by atoms with E-state index in [0.717, 1.165) is 0 Å². The van der Waals surface area contributed by atoms with Crippen molar-refractivity contribution in [3.63, 3.8) is 0 Å². The van der Waals surface area contributed by atoms with Crippen LogP contribution >= 0.6 is 34.8 Å². The highest BCUT2D eigenvalue weighted by atomic mass is 35.5. The first kappa shape index (κ1) is 17.0. The summed E-state index contributed by atoms with van der Waals surface area (Å²) >= 11 is 17.6. The molecule has 5 nitrogen and oxygen atoms in total. The van der Waals surface area contributed by atoms with Crippen molar-refractivity contribution >= 4 is 46.7 Å². The SMILES string of the molecule is COC(=O)CCCN(C)C(=O)c1ncc(Cl)c(Cl)c1Cl. The molecular formula is C12H13Cl3N2O3. The average Bonchev–Trinajstić information content (AvgIpc) is 2.43.